The molecule has 0 bridgehead atoms. The van der Waals surface area contributed by atoms with Crippen LogP contribution in [0.5, 0.6) is 0 Å². The molecule has 0 saturated carbocycles. The second kappa shape index (κ2) is 7.90. The summed E-state index contributed by atoms with van der Waals surface area (Å²) in [6, 6.07) is 8.01. The first-order valence-electron chi connectivity index (χ1n) is 12.0. The van der Waals surface area contributed by atoms with Crippen LogP contribution >= 0.6 is 0 Å². The number of dihydropyridines is 1. The van der Waals surface area contributed by atoms with Gasteiger partial charge in [-0.3, -0.25) is 9.78 Å². The molecule has 0 radical (unpaired) electrons. The van der Waals surface area contributed by atoms with Crippen LogP contribution in [0.1, 0.15) is 32.1 Å². The Morgan fingerprint density at radius 1 is 1.15 bits per heavy atom. The number of carbonyl (C=O) groups excluding carboxylic acids is 1. The summed E-state index contributed by atoms with van der Waals surface area (Å²) in [4.78, 5) is 29.4. The van der Waals surface area contributed by atoms with E-state index in [9.17, 15) is 4.79 Å². The SMILES string of the molecule is CN1C=C(CN2C(=O)CCCC23CCN(c2cnc4ccccc4n2)CC3)C2=CC=CNC21. The molecule has 1 aromatic heterocycles. The average molecular weight is 443 g/mol. The van der Waals surface area contributed by atoms with Gasteiger partial charge in [-0.15, -0.1) is 0 Å². The lowest BCUT2D eigenvalue weighted by atomic mass is 9.78. The summed E-state index contributed by atoms with van der Waals surface area (Å²) in [6.45, 7) is 2.48. The molecule has 170 valence electrons. The molecule has 1 unspecified atom stereocenters. The van der Waals surface area contributed by atoms with E-state index in [1.807, 2.05) is 36.7 Å². The van der Waals surface area contributed by atoms with Gasteiger partial charge in [0, 0.05) is 50.4 Å². The van der Waals surface area contributed by atoms with E-state index < -0.39 is 0 Å². The molecule has 1 amide bonds. The van der Waals surface area contributed by atoms with Crippen molar-refractivity contribution in [3.63, 3.8) is 0 Å². The van der Waals surface area contributed by atoms with Crippen molar-refractivity contribution in [1.82, 2.24) is 25.1 Å². The van der Waals surface area contributed by atoms with E-state index in [1.165, 1.54) is 11.1 Å². The predicted molar refractivity (Wildman–Crippen MR) is 129 cm³/mol. The lowest BCUT2D eigenvalue weighted by Crippen LogP contribution is -2.60. The van der Waals surface area contributed by atoms with Crippen LogP contribution in [0.25, 0.3) is 11.0 Å². The monoisotopic (exact) mass is 442 g/mol. The number of hydrogen-bond acceptors (Lipinski definition) is 6. The molecule has 1 aromatic carbocycles. The summed E-state index contributed by atoms with van der Waals surface area (Å²) in [5, 5.41) is 3.42. The Kier molecular flexibility index (Phi) is 4.85. The number of fused-ring (bicyclic) bond motifs is 2. The molecule has 2 saturated heterocycles. The highest BCUT2D eigenvalue weighted by Crippen LogP contribution is 2.40. The minimum absolute atomic E-state index is 0.0634. The van der Waals surface area contributed by atoms with E-state index in [-0.39, 0.29) is 11.7 Å². The largest absolute Gasteiger partial charge is 0.368 e. The van der Waals surface area contributed by atoms with Crippen molar-refractivity contribution < 1.29 is 4.79 Å². The molecule has 2 fully saturated rings. The van der Waals surface area contributed by atoms with Crippen molar-refractivity contribution in [2.24, 2.45) is 0 Å². The number of likely N-dealkylation sites (N-methyl/N-ethyl adjacent to an activating group) is 1. The maximum absolute atomic E-state index is 13.2. The topological polar surface area (TPSA) is 64.6 Å². The summed E-state index contributed by atoms with van der Waals surface area (Å²) >= 11 is 0. The fourth-order valence-electron chi connectivity index (χ4n) is 5.93. The van der Waals surface area contributed by atoms with Crippen molar-refractivity contribution in [1.29, 1.82) is 0 Å². The number of allylic oxidation sites excluding steroid dienone is 2. The summed E-state index contributed by atoms with van der Waals surface area (Å²) in [7, 11) is 2.09. The third-order valence-corrected chi connectivity index (χ3v) is 7.75. The Bertz CT molecular complexity index is 1180. The van der Waals surface area contributed by atoms with Crippen LogP contribution in [0.15, 0.2) is 66.2 Å². The van der Waals surface area contributed by atoms with Crippen LogP contribution in [0.3, 0.4) is 0 Å². The van der Waals surface area contributed by atoms with Crippen molar-refractivity contribution >= 4 is 22.8 Å². The standard InChI is InChI=1S/C26H30N6O/c1-30-17-19(20-6-5-13-27-25(20)30)18-32-24(33)9-4-10-26(32)11-14-31(15-12-26)23-16-28-21-7-2-3-8-22(21)29-23/h2-3,5-8,13,16-17,25,27H,4,9-12,14-15,18H2,1H3. The van der Waals surface area contributed by atoms with Gasteiger partial charge in [0.25, 0.3) is 0 Å². The lowest BCUT2D eigenvalue weighted by molar-refractivity contribution is -0.142. The van der Waals surface area contributed by atoms with E-state index in [0.717, 1.165) is 55.6 Å². The third-order valence-electron chi connectivity index (χ3n) is 7.75. The van der Waals surface area contributed by atoms with Gasteiger partial charge in [-0.2, -0.15) is 0 Å². The molecule has 1 atom stereocenters. The second-order valence-electron chi connectivity index (χ2n) is 9.63. The smallest absolute Gasteiger partial charge is 0.223 e. The fraction of sp³-hybridized carbons (Fsp3) is 0.423. The Morgan fingerprint density at radius 3 is 2.82 bits per heavy atom. The second-order valence-corrected chi connectivity index (χ2v) is 9.63. The molecule has 0 aliphatic carbocycles. The summed E-state index contributed by atoms with van der Waals surface area (Å²) in [5.74, 6) is 1.23. The number of nitrogens with one attached hydrogen (secondary N) is 1. The molecule has 33 heavy (non-hydrogen) atoms. The van der Waals surface area contributed by atoms with Crippen LogP contribution in [-0.4, -0.2) is 64.1 Å². The van der Waals surface area contributed by atoms with Crippen LogP contribution < -0.4 is 10.2 Å². The number of anilines is 1. The molecule has 7 nitrogen and oxygen atoms in total. The molecule has 5 heterocycles. The van der Waals surface area contributed by atoms with Gasteiger partial charge in [0.1, 0.15) is 12.0 Å². The maximum Gasteiger partial charge on any atom is 0.223 e. The normalized spacial score (nSPS) is 24.1. The maximum atomic E-state index is 13.2. The third kappa shape index (κ3) is 3.46. The molecular formula is C26H30N6O. The lowest BCUT2D eigenvalue weighted by Gasteiger charge is -2.51. The first kappa shape index (κ1) is 20.3. The van der Waals surface area contributed by atoms with Gasteiger partial charge in [-0.25, -0.2) is 4.98 Å². The van der Waals surface area contributed by atoms with Gasteiger partial charge in [0.15, 0.2) is 0 Å². The number of carbonyl (C=O) groups is 1. The van der Waals surface area contributed by atoms with E-state index in [0.29, 0.717) is 18.9 Å². The molecule has 2 aromatic rings. The zero-order chi connectivity index (χ0) is 22.4. The van der Waals surface area contributed by atoms with Gasteiger partial charge in [-0.1, -0.05) is 18.2 Å². The van der Waals surface area contributed by atoms with E-state index in [4.69, 9.17) is 4.98 Å². The summed E-state index contributed by atoms with van der Waals surface area (Å²) in [5.41, 5.74) is 4.31. The number of aromatic nitrogens is 2. The Hall–Kier alpha value is -3.35. The van der Waals surface area contributed by atoms with Crippen LogP contribution in [-0.2, 0) is 4.79 Å². The molecule has 4 aliphatic rings. The minimum atomic E-state index is -0.0634. The number of hydrogen-bond donors (Lipinski definition) is 1. The number of amides is 1. The fourth-order valence-corrected chi connectivity index (χ4v) is 5.93. The van der Waals surface area contributed by atoms with Crippen LogP contribution in [0, 0.1) is 0 Å². The molecule has 1 N–H and O–H groups in total. The quantitative estimate of drug-likeness (QED) is 0.788. The van der Waals surface area contributed by atoms with Crippen molar-refractivity contribution in [3.05, 3.63) is 66.2 Å². The number of rotatable bonds is 3. The van der Waals surface area contributed by atoms with Crippen LogP contribution in [0.4, 0.5) is 5.82 Å². The van der Waals surface area contributed by atoms with Gasteiger partial charge in [0.05, 0.1) is 17.2 Å². The number of piperidine rings is 2. The first-order chi connectivity index (χ1) is 16.1. The highest BCUT2D eigenvalue weighted by molar-refractivity contribution is 5.79. The molecule has 4 aliphatic heterocycles. The van der Waals surface area contributed by atoms with Crippen molar-refractivity contribution in [2.75, 3.05) is 31.6 Å². The Labute approximate surface area is 194 Å². The Balaban J connectivity index is 1.22. The highest BCUT2D eigenvalue weighted by atomic mass is 16.2. The zero-order valence-corrected chi connectivity index (χ0v) is 19.1. The van der Waals surface area contributed by atoms with E-state index in [2.05, 4.69) is 50.4 Å². The van der Waals surface area contributed by atoms with Crippen molar-refractivity contribution in [2.45, 2.75) is 43.8 Å². The number of benzene rings is 1. The first-order valence-corrected chi connectivity index (χ1v) is 12.0. The predicted octanol–water partition coefficient (Wildman–Crippen LogP) is 3.18. The summed E-state index contributed by atoms with van der Waals surface area (Å²) < 4.78 is 0. The minimum Gasteiger partial charge on any atom is -0.368 e. The molecule has 1 spiro atoms. The van der Waals surface area contributed by atoms with Crippen molar-refractivity contribution in [3.8, 4) is 0 Å². The zero-order valence-electron chi connectivity index (χ0n) is 19.1. The molecule has 6 rings (SSSR count). The van der Waals surface area contributed by atoms with Gasteiger partial charge in [-0.05, 0) is 55.7 Å². The van der Waals surface area contributed by atoms with Gasteiger partial charge < -0.3 is 20.0 Å². The highest BCUT2D eigenvalue weighted by Gasteiger charge is 2.45. The van der Waals surface area contributed by atoms with E-state index >= 15 is 0 Å². The van der Waals surface area contributed by atoms with Gasteiger partial charge >= 0.3 is 0 Å². The van der Waals surface area contributed by atoms with Gasteiger partial charge in [0.2, 0.25) is 5.91 Å². The van der Waals surface area contributed by atoms with Crippen LogP contribution in [0.2, 0.25) is 0 Å². The van der Waals surface area contributed by atoms with E-state index in [1.54, 1.807) is 0 Å². The molecular weight excluding hydrogens is 412 g/mol. The average Bonchev–Trinajstić information content (AvgIpc) is 3.17. The number of likely N-dealkylation sites (tertiary alicyclic amines) is 1. The summed E-state index contributed by atoms with van der Waals surface area (Å²) in [6.07, 6.45) is 15.1. The number of para-hydroxylation sites is 2. The number of nitrogens with zero attached hydrogens (tertiary/aromatic N) is 5. The molecule has 7 heteroatoms. The Morgan fingerprint density at radius 2 is 1.97 bits per heavy atom.